The minimum absolute atomic E-state index is 0.257. The first-order valence-corrected chi connectivity index (χ1v) is 6.98. The quantitative estimate of drug-likeness (QED) is 0.518. The van der Waals surface area contributed by atoms with Gasteiger partial charge in [0.25, 0.3) is 5.91 Å². The SMILES string of the molecule is Nc1c(NNC(=O)c2cccnc2)ncnc1Nc1cccnc1. The van der Waals surface area contributed by atoms with Gasteiger partial charge in [-0.05, 0) is 24.3 Å². The van der Waals surface area contributed by atoms with Crippen LogP contribution in [0.15, 0.2) is 55.4 Å². The zero-order chi connectivity index (χ0) is 16.8. The molecule has 3 heterocycles. The molecular formula is C15H14N8O. The molecule has 0 aliphatic carbocycles. The summed E-state index contributed by atoms with van der Waals surface area (Å²) in [5, 5.41) is 3.03. The van der Waals surface area contributed by atoms with Crippen molar-refractivity contribution < 1.29 is 4.79 Å². The number of pyridine rings is 2. The van der Waals surface area contributed by atoms with Gasteiger partial charge in [-0.1, -0.05) is 0 Å². The van der Waals surface area contributed by atoms with Crippen molar-refractivity contribution in [1.82, 2.24) is 25.4 Å². The first-order valence-electron chi connectivity index (χ1n) is 6.98. The van der Waals surface area contributed by atoms with Crippen molar-refractivity contribution in [2.24, 2.45) is 0 Å². The fraction of sp³-hybridized carbons (Fsp3) is 0. The Balaban J connectivity index is 1.70. The summed E-state index contributed by atoms with van der Waals surface area (Å²) in [6, 6.07) is 6.92. The van der Waals surface area contributed by atoms with Crippen LogP contribution < -0.4 is 21.9 Å². The Morgan fingerprint density at radius 1 is 1.00 bits per heavy atom. The second kappa shape index (κ2) is 7.01. The van der Waals surface area contributed by atoms with Gasteiger partial charge in [0, 0.05) is 18.6 Å². The molecule has 0 aromatic carbocycles. The van der Waals surface area contributed by atoms with Crippen molar-refractivity contribution in [1.29, 1.82) is 0 Å². The molecule has 3 aromatic heterocycles. The van der Waals surface area contributed by atoms with Crippen LogP contribution in [0.2, 0.25) is 0 Å². The molecule has 0 atom stereocenters. The number of carbonyl (C=O) groups is 1. The van der Waals surface area contributed by atoms with Crippen LogP contribution in [0.1, 0.15) is 10.4 Å². The molecule has 3 aromatic rings. The van der Waals surface area contributed by atoms with E-state index in [1.54, 1.807) is 36.8 Å². The standard InChI is InChI=1S/C15H14N8O/c16-12-13(21-11-4-2-6-18-8-11)19-9-20-14(12)22-23-15(24)10-3-1-5-17-7-10/h1-9H,16H2,(H,23,24)(H2,19,20,21,22). The molecule has 9 nitrogen and oxygen atoms in total. The Hall–Kier alpha value is -3.75. The van der Waals surface area contributed by atoms with Crippen molar-refractivity contribution in [3.63, 3.8) is 0 Å². The van der Waals surface area contributed by atoms with E-state index < -0.39 is 0 Å². The highest BCUT2D eigenvalue weighted by Gasteiger charge is 2.10. The third-order valence-electron chi connectivity index (χ3n) is 3.03. The van der Waals surface area contributed by atoms with Crippen LogP contribution >= 0.6 is 0 Å². The van der Waals surface area contributed by atoms with Crippen LogP contribution in [0.4, 0.5) is 23.0 Å². The van der Waals surface area contributed by atoms with Gasteiger partial charge >= 0.3 is 0 Å². The van der Waals surface area contributed by atoms with E-state index in [1.807, 2.05) is 6.07 Å². The molecule has 0 fully saturated rings. The number of carbonyl (C=O) groups excluding carboxylic acids is 1. The third-order valence-corrected chi connectivity index (χ3v) is 3.03. The molecule has 0 saturated heterocycles. The van der Waals surface area contributed by atoms with E-state index >= 15 is 0 Å². The summed E-state index contributed by atoms with van der Waals surface area (Å²) < 4.78 is 0. The highest BCUT2D eigenvalue weighted by molar-refractivity contribution is 5.94. The maximum atomic E-state index is 12.0. The van der Waals surface area contributed by atoms with Crippen molar-refractivity contribution in [2.75, 3.05) is 16.5 Å². The number of aromatic nitrogens is 4. The lowest BCUT2D eigenvalue weighted by Gasteiger charge is -2.12. The largest absolute Gasteiger partial charge is 0.393 e. The van der Waals surface area contributed by atoms with Crippen molar-refractivity contribution in [2.45, 2.75) is 0 Å². The van der Waals surface area contributed by atoms with Gasteiger partial charge in [0.05, 0.1) is 17.4 Å². The summed E-state index contributed by atoms with van der Waals surface area (Å²) in [6.45, 7) is 0. The lowest BCUT2D eigenvalue weighted by atomic mass is 10.3. The molecular weight excluding hydrogens is 308 g/mol. The number of nitrogens with one attached hydrogen (secondary N) is 3. The molecule has 24 heavy (non-hydrogen) atoms. The number of anilines is 4. The molecule has 0 bridgehead atoms. The molecule has 0 aliphatic heterocycles. The Labute approximate surface area is 137 Å². The van der Waals surface area contributed by atoms with Gasteiger partial charge < -0.3 is 11.1 Å². The number of hydrazine groups is 1. The van der Waals surface area contributed by atoms with Crippen molar-refractivity contribution in [3.05, 3.63) is 60.9 Å². The summed E-state index contributed by atoms with van der Waals surface area (Å²) in [4.78, 5) is 28.0. The van der Waals surface area contributed by atoms with E-state index in [0.29, 0.717) is 11.4 Å². The number of rotatable bonds is 5. The smallest absolute Gasteiger partial charge is 0.271 e. The normalized spacial score (nSPS) is 10.0. The Morgan fingerprint density at radius 2 is 1.75 bits per heavy atom. The van der Waals surface area contributed by atoms with E-state index in [9.17, 15) is 4.79 Å². The van der Waals surface area contributed by atoms with E-state index in [4.69, 9.17) is 5.73 Å². The van der Waals surface area contributed by atoms with E-state index in [2.05, 4.69) is 36.1 Å². The summed E-state index contributed by atoms with van der Waals surface area (Å²) in [7, 11) is 0. The lowest BCUT2D eigenvalue weighted by Crippen LogP contribution is -2.30. The number of hydrogen-bond acceptors (Lipinski definition) is 8. The number of nitrogens with zero attached hydrogens (tertiary/aromatic N) is 4. The minimum Gasteiger partial charge on any atom is -0.393 e. The molecule has 0 saturated carbocycles. The highest BCUT2D eigenvalue weighted by Crippen LogP contribution is 2.24. The average Bonchev–Trinajstić information content (AvgIpc) is 2.64. The van der Waals surface area contributed by atoms with Gasteiger partial charge in [0.2, 0.25) is 0 Å². The predicted molar refractivity (Wildman–Crippen MR) is 89.3 cm³/mol. The monoisotopic (exact) mass is 322 g/mol. The van der Waals surface area contributed by atoms with Crippen molar-refractivity contribution in [3.8, 4) is 0 Å². The van der Waals surface area contributed by atoms with E-state index in [-0.39, 0.29) is 17.4 Å². The molecule has 9 heteroatoms. The summed E-state index contributed by atoms with van der Waals surface area (Å²) >= 11 is 0. The molecule has 0 radical (unpaired) electrons. The predicted octanol–water partition coefficient (Wildman–Crippen LogP) is 1.35. The fourth-order valence-corrected chi connectivity index (χ4v) is 1.85. The molecule has 0 unspecified atom stereocenters. The fourth-order valence-electron chi connectivity index (χ4n) is 1.85. The highest BCUT2D eigenvalue weighted by atomic mass is 16.2. The third kappa shape index (κ3) is 3.53. The van der Waals surface area contributed by atoms with E-state index in [0.717, 1.165) is 5.69 Å². The summed E-state index contributed by atoms with van der Waals surface area (Å²) in [5.74, 6) is 0.313. The zero-order valence-electron chi connectivity index (χ0n) is 12.5. The first kappa shape index (κ1) is 15.2. The van der Waals surface area contributed by atoms with Crippen LogP contribution in [-0.2, 0) is 0 Å². The molecule has 120 valence electrons. The van der Waals surface area contributed by atoms with Gasteiger partial charge in [-0.2, -0.15) is 0 Å². The summed E-state index contributed by atoms with van der Waals surface area (Å²) in [5.41, 5.74) is 12.6. The van der Waals surface area contributed by atoms with Crippen molar-refractivity contribution >= 4 is 28.9 Å². The number of nitrogen functional groups attached to an aromatic ring is 1. The molecule has 5 N–H and O–H groups in total. The van der Waals surface area contributed by atoms with Crippen LogP contribution in [-0.4, -0.2) is 25.8 Å². The van der Waals surface area contributed by atoms with Crippen LogP contribution in [0.3, 0.4) is 0 Å². The van der Waals surface area contributed by atoms with Gasteiger partial charge in [-0.15, -0.1) is 0 Å². The maximum absolute atomic E-state index is 12.0. The number of amides is 1. The van der Waals surface area contributed by atoms with Crippen LogP contribution in [0.5, 0.6) is 0 Å². The van der Waals surface area contributed by atoms with Gasteiger partial charge in [-0.25, -0.2) is 9.97 Å². The second-order valence-electron chi connectivity index (χ2n) is 4.67. The molecule has 0 aliphatic rings. The summed E-state index contributed by atoms with van der Waals surface area (Å²) in [6.07, 6.45) is 7.67. The topological polar surface area (TPSA) is 131 Å². The van der Waals surface area contributed by atoms with E-state index in [1.165, 1.54) is 12.5 Å². The Bertz CT molecular complexity index is 825. The van der Waals surface area contributed by atoms with Gasteiger partial charge in [0.15, 0.2) is 11.6 Å². The Morgan fingerprint density at radius 3 is 2.46 bits per heavy atom. The Kier molecular flexibility index (Phi) is 4.43. The molecule has 1 amide bonds. The molecule has 3 rings (SSSR count). The van der Waals surface area contributed by atoms with Crippen LogP contribution in [0.25, 0.3) is 0 Å². The average molecular weight is 322 g/mol. The maximum Gasteiger partial charge on any atom is 0.271 e. The minimum atomic E-state index is -0.358. The first-order chi connectivity index (χ1) is 11.7. The lowest BCUT2D eigenvalue weighted by molar-refractivity contribution is 0.0962. The zero-order valence-corrected chi connectivity index (χ0v) is 12.5. The second-order valence-corrected chi connectivity index (χ2v) is 4.67. The molecule has 0 spiro atoms. The van der Waals surface area contributed by atoms with Gasteiger partial charge in [-0.3, -0.25) is 25.6 Å². The number of hydrogen-bond donors (Lipinski definition) is 4. The van der Waals surface area contributed by atoms with Gasteiger partial charge in [0.1, 0.15) is 12.0 Å². The number of nitrogens with two attached hydrogens (primary N) is 1. The van der Waals surface area contributed by atoms with Crippen LogP contribution in [0, 0.1) is 0 Å².